The van der Waals surface area contributed by atoms with Crippen LogP contribution >= 0.6 is 0 Å². The van der Waals surface area contributed by atoms with Gasteiger partial charge in [-0.2, -0.15) is 0 Å². The fourth-order valence-corrected chi connectivity index (χ4v) is 4.25. The van der Waals surface area contributed by atoms with Crippen LogP contribution in [0.1, 0.15) is 29.9 Å². The molecule has 2 fully saturated rings. The largest absolute Gasteiger partial charge is 0.379 e. The van der Waals surface area contributed by atoms with Gasteiger partial charge in [0.1, 0.15) is 5.76 Å². The first-order valence-corrected chi connectivity index (χ1v) is 9.39. The highest BCUT2D eigenvalue weighted by Gasteiger charge is 2.39. The summed E-state index contributed by atoms with van der Waals surface area (Å²) in [5.74, 6) is 1.75. The number of aryl methyl sites for hydroxylation is 2. The molecule has 1 unspecified atom stereocenters. The van der Waals surface area contributed by atoms with Crippen molar-refractivity contribution in [1.29, 1.82) is 0 Å². The summed E-state index contributed by atoms with van der Waals surface area (Å²) in [4.78, 5) is 13.7. The van der Waals surface area contributed by atoms with Gasteiger partial charge in [0, 0.05) is 56.1 Å². The van der Waals surface area contributed by atoms with Gasteiger partial charge in [0.15, 0.2) is 0 Å². The van der Waals surface area contributed by atoms with Gasteiger partial charge >= 0.3 is 0 Å². The van der Waals surface area contributed by atoms with Gasteiger partial charge in [-0.25, -0.2) is 9.97 Å². The van der Waals surface area contributed by atoms with E-state index < -0.39 is 0 Å². The average Bonchev–Trinajstić information content (AvgIpc) is 2.86. The molecule has 0 amide bonds. The predicted octanol–water partition coefficient (Wildman–Crippen LogP) is 2.20. The second-order valence-corrected chi connectivity index (χ2v) is 7.64. The van der Waals surface area contributed by atoms with Crippen molar-refractivity contribution in [1.82, 2.24) is 20.0 Å². The molecule has 0 saturated carbocycles. The van der Waals surface area contributed by atoms with E-state index in [1.54, 1.807) is 0 Å². The summed E-state index contributed by atoms with van der Waals surface area (Å²) in [6, 6.07) is 1.86. The van der Waals surface area contributed by atoms with E-state index in [0.29, 0.717) is 0 Å². The van der Waals surface area contributed by atoms with Crippen LogP contribution in [-0.4, -0.2) is 59.4 Å². The normalized spacial score (nSPS) is 24.8. The maximum atomic E-state index is 6.03. The lowest BCUT2D eigenvalue weighted by Crippen LogP contribution is -2.51. The molecule has 0 aliphatic carbocycles. The minimum Gasteiger partial charge on any atom is -0.379 e. The van der Waals surface area contributed by atoms with Crippen LogP contribution in [-0.2, 0) is 11.3 Å². The van der Waals surface area contributed by atoms with Gasteiger partial charge in [-0.3, -0.25) is 4.90 Å². The average molecular weight is 357 g/mol. The van der Waals surface area contributed by atoms with Gasteiger partial charge in [-0.05, 0) is 32.8 Å². The lowest BCUT2D eigenvalue weighted by Gasteiger charge is -2.43. The zero-order valence-corrected chi connectivity index (χ0v) is 15.6. The Balaban J connectivity index is 1.51. The van der Waals surface area contributed by atoms with Crippen LogP contribution in [0.4, 0.5) is 5.95 Å². The van der Waals surface area contributed by atoms with E-state index in [1.807, 2.05) is 32.3 Å². The summed E-state index contributed by atoms with van der Waals surface area (Å²) in [7, 11) is 0. The number of aromatic nitrogens is 3. The van der Waals surface area contributed by atoms with Gasteiger partial charge < -0.3 is 14.2 Å². The Labute approximate surface area is 154 Å². The fourth-order valence-electron chi connectivity index (χ4n) is 4.25. The third-order valence-corrected chi connectivity index (χ3v) is 5.58. The highest BCUT2D eigenvalue weighted by molar-refractivity contribution is 5.30. The number of anilines is 1. The third kappa shape index (κ3) is 3.59. The standard InChI is InChI=1S/C19H27N5O2/c1-15-17(16(2)26-22-15)11-23-9-10-25-14-19(12-23)5-3-8-24(13-19)18-20-6-4-7-21-18/h4,6-7H,3,5,8-14H2,1-2H3. The second-order valence-electron chi connectivity index (χ2n) is 7.64. The lowest BCUT2D eigenvalue weighted by atomic mass is 9.80. The number of rotatable bonds is 3. The molecular formula is C19H27N5O2. The predicted molar refractivity (Wildman–Crippen MR) is 98.0 cm³/mol. The third-order valence-electron chi connectivity index (χ3n) is 5.58. The van der Waals surface area contributed by atoms with Crippen LogP contribution in [0, 0.1) is 19.3 Å². The maximum absolute atomic E-state index is 6.03. The molecule has 2 aromatic rings. The topological polar surface area (TPSA) is 67.5 Å². The minimum atomic E-state index is 0.118. The number of hydrogen-bond acceptors (Lipinski definition) is 7. The highest BCUT2D eigenvalue weighted by Crippen LogP contribution is 2.34. The zero-order valence-electron chi connectivity index (χ0n) is 15.6. The summed E-state index contributed by atoms with van der Waals surface area (Å²) in [6.45, 7) is 10.4. The van der Waals surface area contributed by atoms with Crippen molar-refractivity contribution in [3.63, 3.8) is 0 Å². The van der Waals surface area contributed by atoms with Gasteiger partial charge in [-0.1, -0.05) is 5.16 Å². The van der Waals surface area contributed by atoms with Crippen LogP contribution in [0.3, 0.4) is 0 Å². The lowest BCUT2D eigenvalue weighted by molar-refractivity contribution is 0.0554. The van der Waals surface area contributed by atoms with Gasteiger partial charge in [0.05, 0.1) is 18.9 Å². The van der Waals surface area contributed by atoms with Crippen LogP contribution < -0.4 is 4.90 Å². The Hall–Kier alpha value is -1.99. The molecule has 2 saturated heterocycles. The van der Waals surface area contributed by atoms with E-state index >= 15 is 0 Å². The number of ether oxygens (including phenoxy) is 1. The molecule has 4 rings (SSSR count). The summed E-state index contributed by atoms with van der Waals surface area (Å²) >= 11 is 0. The molecule has 2 aliphatic heterocycles. The zero-order chi connectivity index (χ0) is 18.0. The van der Waals surface area contributed by atoms with Crippen molar-refractivity contribution >= 4 is 5.95 Å². The Morgan fingerprint density at radius 3 is 2.77 bits per heavy atom. The van der Waals surface area contributed by atoms with Crippen molar-refractivity contribution in [3.05, 3.63) is 35.5 Å². The summed E-state index contributed by atoms with van der Waals surface area (Å²) in [5.41, 5.74) is 2.32. The van der Waals surface area contributed by atoms with Crippen LogP contribution in [0.5, 0.6) is 0 Å². The summed E-state index contributed by atoms with van der Waals surface area (Å²) in [5, 5.41) is 4.10. The molecule has 7 nitrogen and oxygen atoms in total. The van der Waals surface area contributed by atoms with E-state index in [9.17, 15) is 0 Å². The number of hydrogen-bond donors (Lipinski definition) is 0. The quantitative estimate of drug-likeness (QED) is 0.834. The van der Waals surface area contributed by atoms with Crippen LogP contribution in [0.2, 0.25) is 0 Å². The first-order chi connectivity index (χ1) is 12.7. The van der Waals surface area contributed by atoms with Gasteiger partial charge in [0.2, 0.25) is 5.95 Å². The Bertz CT molecular complexity index is 715. The molecule has 2 aromatic heterocycles. The maximum Gasteiger partial charge on any atom is 0.225 e. The van der Waals surface area contributed by atoms with E-state index in [4.69, 9.17) is 9.26 Å². The Morgan fingerprint density at radius 2 is 2.00 bits per heavy atom. The number of piperidine rings is 1. The summed E-state index contributed by atoms with van der Waals surface area (Å²) < 4.78 is 11.4. The molecule has 1 spiro atoms. The van der Waals surface area contributed by atoms with Crippen molar-refractivity contribution in [3.8, 4) is 0 Å². The first kappa shape index (κ1) is 17.4. The molecule has 2 aliphatic rings. The smallest absolute Gasteiger partial charge is 0.225 e. The van der Waals surface area contributed by atoms with Crippen molar-refractivity contribution in [2.45, 2.75) is 33.2 Å². The molecule has 7 heteroatoms. The molecule has 0 radical (unpaired) electrons. The summed E-state index contributed by atoms with van der Waals surface area (Å²) in [6.07, 6.45) is 5.95. The molecule has 140 valence electrons. The van der Waals surface area contributed by atoms with E-state index in [1.165, 1.54) is 12.0 Å². The molecule has 1 atom stereocenters. The number of nitrogens with zero attached hydrogens (tertiary/aromatic N) is 5. The van der Waals surface area contributed by atoms with Crippen molar-refractivity contribution in [2.75, 3.05) is 44.3 Å². The SMILES string of the molecule is Cc1noc(C)c1CN1CCOCC2(CCCN(c3ncccn3)C2)C1. The van der Waals surface area contributed by atoms with E-state index in [2.05, 4.69) is 24.9 Å². The highest BCUT2D eigenvalue weighted by atomic mass is 16.5. The monoisotopic (exact) mass is 357 g/mol. The Morgan fingerprint density at radius 1 is 1.15 bits per heavy atom. The van der Waals surface area contributed by atoms with Crippen molar-refractivity contribution in [2.24, 2.45) is 5.41 Å². The van der Waals surface area contributed by atoms with Crippen molar-refractivity contribution < 1.29 is 9.26 Å². The van der Waals surface area contributed by atoms with Gasteiger partial charge in [-0.15, -0.1) is 0 Å². The van der Waals surface area contributed by atoms with E-state index in [0.717, 1.165) is 69.8 Å². The molecule has 26 heavy (non-hydrogen) atoms. The minimum absolute atomic E-state index is 0.118. The first-order valence-electron chi connectivity index (χ1n) is 9.39. The van der Waals surface area contributed by atoms with Crippen LogP contribution in [0.15, 0.2) is 23.0 Å². The van der Waals surface area contributed by atoms with Gasteiger partial charge in [0.25, 0.3) is 0 Å². The fraction of sp³-hybridized carbons (Fsp3) is 0.632. The molecule has 0 aromatic carbocycles. The molecule has 0 bridgehead atoms. The molecule has 0 N–H and O–H groups in total. The molecular weight excluding hydrogens is 330 g/mol. The van der Waals surface area contributed by atoms with E-state index in [-0.39, 0.29) is 5.41 Å². The second kappa shape index (κ2) is 7.32. The Kier molecular flexibility index (Phi) is 4.91. The molecule has 4 heterocycles. The van der Waals surface area contributed by atoms with Crippen LogP contribution in [0.25, 0.3) is 0 Å².